The predicted octanol–water partition coefficient (Wildman–Crippen LogP) is 3.99. The maximum Gasteiger partial charge on any atom is 0.221 e. The second kappa shape index (κ2) is 13.1. The van der Waals surface area contributed by atoms with Crippen molar-refractivity contribution in [3.63, 3.8) is 0 Å². The van der Waals surface area contributed by atoms with Crippen LogP contribution in [0.15, 0.2) is 60.7 Å². The Kier molecular flexibility index (Phi) is 11.6. The summed E-state index contributed by atoms with van der Waals surface area (Å²) < 4.78 is 0. The molecule has 124 valence electrons. The standard InChI is InChI=1S/C9H11NO.C8H9NO.C2H6/c1-8(11)10-7-9-5-3-2-4-6-9;1-7(10)9-8-5-3-2-4-6-8;1-2/h2-6H,7H2,1H3,(H,10,11);2-6H,1H3,(H,9,10);1-2H3. The first-order valence-electron chi connectivity index (χ1n) is 7.69. The van der Waals surface area contributed by atoms with Gasteiger partial charge in [0.2, 0.25) is 11.8 Å². The molecule has 2 N–H and O–H groups in total. The number of benzene rings is 2. The molecule has 0 radical (unpaired) electrons. The van der Waals surface area contributed by atoms with Crippen molar-refractivity contribution in [1.29, 1.82) is 0 Å². The highest BCUT2D eigenvalue weighted by Gasteiger charge is 1.91. The minimum Gasteiger partial charge on any atom is -0.352 e. The number of hydrogen-bond donors (Lipinski definition) is 2. The number of nitrogens with one attached hydrogen (secondary N) is 2. The number of anilines is 1. The maximum absolute atomic E-state index is 10.5. The Morgan fingerprint density at radius 2 is 1.26 bits per heavy atom. The maximum atomic E-state index is 10.5. The molecule has 2 aromatic carbocycles. The first-order valence-corrected chi connectivity index (χ1v) is 7.69. The van der Waals surface area contributed by atoms with Gasteiger partial charge in [-0.3, -0.25) is 9.59 Å². The Labute approximate surface area is 138 Å². The highest BCUT2D eigenvalue weighted by molar-refractivity contribution is 5.88. The van der Waals surface area contributed by atoms with Gasteiger partial charge in [0.05, 0.1) is 0 Å². The van der Waals surface area contributed by atoms with Crippen LogP contribution in [0, 0.1) is 0 Å². The van der Waals surface area contributed by atoms with E-state index in [1.807, 2.05) is 74.5 Å². The largest absolute Gasteiger partial charge is 0.352 e. The van der Waals surface area contributed by atoms with Crippen LogP contribution in [0.1, 0.15) is 33.3 Å². The van der Waals surface area contributed by atoms with Gasteiger partial charge in [-0.2, -0.15) is 0 Å². The molecule has 0 aromatic heterocycles. The second-order valence-corrected chi connectivity index (χ2v) is 4.44. The van der Waals surface area contributed by atoms with Crippen LogP contribution in [-0.4, -0.2) is 11.8 Å². The van der Waals surface area contributed by atoms with E-state index in [0.717, 1.165) is 11.3 Å². The quantitative estimate of drug-likeness (QED) is 0.900. The number of hydrogen-bond acceptors (Lipinski definition) is 2. The lowest BCUT2D eigenvalue weighted by molar-refractivity contribution is -0.119. The van der Waals surface area contributed by atoms with E-state index in [9.17, 15) is 9.59 Å². The van der Waals surface area contributed by atoms with Crippen molar-refractivity contribution in [2.45, 2.75) is 34.2 Å². The molecule has 0 saturated carbocycles. The molecule has 0 aliphatic carbocycles. The normalized spacial score (nSPS) is 8.52. The molecule has 0 spiro atoms. The van der Waals surface area contributed by atoms with Crippen molar-refractivity contribution < 1.29 is 9.59 Å². The lowest BCUT2D eigenvalue weighted by Gasteiger charge is -2.00. The highest BCUT2D eigenvalue weighted by Crippen LogP contribution is 2.03. The van der Waals surface area contributed by atoms with E-state index in [1.54, 1.807) is 0 Å². The molecule has 4 heteroatoms. The summed E-state index contributed by atoms with van der Waals surface area (Å²) in [4.78, 5) is 21.0. The van der Waals surface area contributed by atoms with Gasteiger partial charge in [-0.25, -0.2) is 0 Å². The van der Waals surface area contributed by atoms with Crippen LogP contribution in [0.5, 0.6) is 0 Å². The van der Waals surface area contributed by atoms with Gasteiger partial charge in [-0.15, -0.1) is 0 Å². The zero-order chi connectivity index (χ0) is 17.5. The van der Waals surface area contributed by atoms with Crippen LogP contribution in [0.25, 0.3) is 0 Å². The molecule has 0 heterocycles. The van der Waals surface area contributed by atoms with Crippen LogP contribution in [0.4, 0.5) is 5.69 Å². The molecular weight excluding hydrogens is 288 g/mol. The third-order valence-electron chi connectivity index (χ3n) is 2.48. The Morgan fingerprint density at radius 3 is 1.70 bits per heavy atom. The summed E-state index contributed by atoms with van der Waals surface area (Å²) in [6.45, 7) is 7.63. The van der Waals surface area contributed by atoms with Crippen molar-refractivity contribution in [2.75, 3.05) is 5.32 Å². The summed E-state index contributed by atoms with van der Waals surface area (Å²) in [6, 6.07) is 19.2. The summed E-state index contributed by atoms with van der Waals surface area (Å²) in [5.74, 6) is -0.0277. The Bertz CT molecular complexity index is 554. The number of carbonyl (C=O) groups is 2. The van der Waals surface area contributed by atoms with Crippen molar-refractivity contribution in [1.82, 2.24) is 5.32 Å². The molecule has 2 rings (SSSR count). The molecular formula is C19H26N2O2. The van der Waals surface area contributed by atoms with Crippen LogP contribution in [0.3, 0.4) is 0 Å². The van der Waals surface area contributed by atoms with E-state index in [-0.39, 0.29) is 11.8 Å². The smallest absolute Gasteiger partial charge is 0.221 e. The molecule has 0 aliphatic rings. The van der Waals surface area contributed by atoms with Gasteiger partial charge in [0.1, 0.15) is 0 Å². The molecule has 0 saturated heterocycles. The zero-order valence-corrected chi connectivity index (χ0v) is 14.3. The van der Waals surface area contributed by atoms with Gasteiger partial charge in [0.15, 0.2) is 0 Å². The lowest BCUT2D eigenvalue weighted by Crippen LogP contribution is -2.18. The van der Waals surface area contributed by atoms with Gasteiger partial charge in [0.25, 0.3) is 0 Å². The van der Waals surface area contributed by atoms with E-state index in [4.69, 9.17) is 0 Å². The van der Waals surface area contributed by atoms with Crippen LogP contribution >= 0.6 is 0 Å². The average molecular weight is 314 g/mol. The molecule has 2 amide bonds. The lowest BCUT2D eigenvalue weighted by atomic mass is 10.2. The number of para-hydroxylation sites is 1. The van der Waals surface area contributed by atoms with E-state index < -0.39 is 0 Å². The van der Waals surface area contributed by atoms with E-state index >= 15 is 0 Å². The molecule has 0 fully saturated rings. The summed E-state index contributed by atoms with van der Waals surface area (Å²) >= 11 is 0. The van der Waals surface area contributed by atoms with Crippen LogP contribution < -0.4 is 10.6 Å². The third-order valence-corrected chi connectivity index (χ3v) is 2.48. The fourth-order valence-electron chi connectivity index (χ4n) is 1.55. The number of carbonyl (C=O) groups excluding carboxylic acids is 2. The van der Waals surface area contributed by atoms with Crippen molar-refractivity contribution in [3.05, 3.63) is 66.2 Å². The van der Waals surface area contributed by atoms with Gasteiger partial charge in [-0.1, -0.05) is 62.4 Å². The Balaban J connectivity index is 0.000000381. The Morgan fingerprint density at radius 1 is 0.783 bits per heavy atom. The summed E-state index contributed by atoms with van der Waals surface area (Å²) in [7, 11) is 0. The SMILES string of the molecule is CC.CC(=O)NCc1ccccc1.CC(=O)Nc1ccccc1. The van der Waals surface area contributed by atoms with E-state index in [0.29, 0.717) is 6.54 Å². The fraction of sp³-hybridized carbons (Fsp3) is 0.263. The number of rotatable bonds is 3. The van der Waals surface area contributed by atoms with Crippen LogP contribution in [-0.2, 0) is 16.1 Å². The van der Waals surface area contributed by atoms with Gasteiger partial charge in [-0.05, 0) is 17.7 Å². The monoisotopic (exact) mass is 314 g/mol. The zero-order valence-electron chi connectivity index (χ0n) is 14.3. The molecule has 4 nitrogen and oxygen atoms in total. The summed E-state index contributed by atoms with van der Waals surface area (Å²) in [5, 5.41) is 5.39. The van der Waals surface area contributed by atoms with Crippen LogP contribution in [0.2, 0.25) is 0 Å². The first-order chi connectivity index (χ1) is 11.1. The van der Waals surface area contributed by atoms with Gasteiger partial charge < -0.3 is 10.6 Å². The summed E-state index contributed by atoms with van der Waals surface area (Å²) in [5.41, 5.74) is 1.97. The van der Waals surface area contributed by atoms with E-state index in [2.05, 4.69) is 10.6 Å². The third kappa shape index (κ3) is 11.7. The van der Waals surface area contributed by atoms with Crippen molar-refractivity contribution >= 4 is 17.5 Å². The molecule has 0 bridgehead atoms. The van der Waals surface area contributed by atoms with E-state index in [1.165, 1.54) is 13.8 Å². The minimum absolute atomic E-state index is 0.00820. The predicted molar refractivity (Wildman–Crippen MR) is 96.1 cm³/mol. The average Bonchev–Trinajstić information content (AvgIpc) is 2.57. The minimum atomic E-state index is -0.0359. The topological polar surface area (TPSA) is 58.2 Å². The Hall–Kier alpha value is -2.62. The summed E-state index contributed by atoms with van der Waals surface area (Å²) in [6.07, 6.45) is 0. The molecule has 2 aromatic rings. The first kappa shape index (κ1) is 20.4. The number of amides is 2. The molecule has 0 atom stereocenters. The van der Waals surface area contributed by atoms with Crippen molar-refractivity contribution in [3.8, 4) is 0 Å². The second-order valence-electron chi connectivity index (χ2n) is 4.44. The van der Waals surface area contributed by atoms with Gasteiger partial charge >= 0.3 is 0 Å². The highest BCUT2D eigenvalue weighted by atomic mass is 16.2. The molecule has 0 unspecified atom stereocenters. The van der Waals surface area contributed by atoms with Gasteiger partial charge in [0, 0.05) is 26.1 Å². The molecule has 0 aliphatic heterocycles. The fourth-order valence-corrected chi connectivity index (χ4v) is 1.55. The molecule has 23 heavy (non-hydrogen) atoms. The van der Waals surface area contributed by atoms with Crippen molar-refractivity contribution in [2.24, 2.45) is 0 Å².